The lowest BCUT2D eigenvalue weighted by atomic mass is 9.99. The number of fused-ring (bicyclic) bond motifs is 1. The average Bonchev–Trinajstić information content (AvgIpc) is 3.20. The molecule has 0 amide bonds. The van der Waals surface area contributed by atoms with Crippen LogP contribution in [0.25, 0.3) is 15.9 Å². The molecule has 23 heavy (non-hydrogen) atoms. The van der Waals surface area contributed by atoms with Gasteiger partial charge in [-0.2, -0.15) is 5.10 Å². The van der Waals surface area contributed by atoms with Crippen LogP contribution in [0, 0.1) is 0 Å². The molecular formula is C18H22N4S. The summed E-state index contributed by atoms with van der Waals surface area (Å²) < 4.78 is 2.08. The van der Waals surface area contributed by atoms with Crippen LogP contribution in [0.15, 0.2) is 30.5 Å². The van der Waals surface area contributed by atoms with Crippen LogP contribution >= 0.6 is 11.3 Å². The third kappa shape index (κ3) is 2.68. The summed E-state index contributed by atoms with van der Waals surface area (Å²) in [5, 5.41) is 11.9. The molecule has 2 aromatic heterocycles. The van der Waals surface area contributed by atoms with Gasteiger partial charge in [0.15, 0.2) is 0 Å². The molecule has 5 heteroatoms. The van der Waals surface area contributed by atoms with E-state index in [-0.39, 0.29) is 0 Å². The highest BCUT2D eigenvalue weighted by Gasteiger charge is 2.20. The number of nitrogens with zero attached hydrogens (tertiary/aromatic N) is 3. The standard InChI is InChI=1S/C18H22N4S/c1-12(2)17-14-5-3-4-6-15(14)22(21-17)16-11-20-18(23-16)13-7-9-19-10-8-13/h3-6,11-13,19H,7-10H2,1-2H3. The van der Waals surface area contributed by atoms with E-state index in [0.717, 1.165) is 23.8 Å². The normalized spacial score (nSPS) is 16.5. The minimum absolute atomic E-state index is 0.415. The molecule has 3 heterocycles. The number of hydrogen-bond acceptors (Lipinski definition) is 4. The molecule has 120 valence electrons. The fourth-order valence-electron chi connectivity index (χ4n) is 3.32. The summed E-state index contributed by atoms with van der Waals surface area (Å²) in [6.45, 7) is 6.60. The van der Waals surface area contributed by atoms with Crippen molar-refractivity contribution in [1.82, 2.24) is 20.1 Å². The Morgan fingerprint density at radius 3 is 2.78 bits per heavy atom. The number of para-hydroxylation sites is 1. The van der Waals surface area contributed by atoms with Crippen molar-refractivity contribution in [2.45, 2.75) is 38.5 Å². The topological polar surface area (TPSA) is 42.7 Å². The maximum Gasteiger partial charge on any atom is 0.138 e. The van der Waals surface area contributed by atoms with E-state index in [4.69, 9.17) is 10.1 Å². The van der Waals surface area contributed by atoms with Gasteiger partial charge in [-0.1, -0.05) is 43.4 Å². The van der Waals surface area contributed by atoms with Gasteiger partial charge >= 0.3 is 0 Å². The van der Waals surface area contributed by atoms with E-state index in [1.807, 2.05) is 6.20 Å². The van der Waals surface area contributed by atoms with Crippen molar-refractivity contribution in [2.24, 2.45) is 0 Å². The first-order valence-electron chi connectivity index (χ1n) is 8.38. The third-order valence-corrected chi connectivity index (χ3v) is 5.71. The highest BCUT2D eigenvalue weighted by Crippen LogP contribution is 2.33. The number of hydrogen-bond donors (Lipinski definition) is 1. The highest BCUT2D eigenvalue weighted by atomic mass is 32.1. The molecule has 0 saturated carbocycles. The fourth-order valence-corrected chi connectivity index (χ4v) is 4.37. The van der Waals surface area contributed by atoms with Gasteiger partial charge in [0.05, 0.1) is 22.4 Å². The zero-order valence-corrected chi connectivity index (χ0v) is 14.4. The van der Waals surface area contributed by atoms with Crippen molar-refractivity contribution >= 4 is 22.2 Å². The van der Waals surface area contributed by atoms with Crippen LogP contribution in [0.1, 0.15) is 49.2 Å². The number of rotatable bonds is 3. The Hall–Kier alpha value is -1.72. The lowest BCUT2D eigenvalue weighted by molar-refractivity contribution is 0.459. The molecule has 0 unspecified atom stereocenters. The van der Waals surface area contributed by atoms with Crippen molar-refractivity contribution in [3.05, 3.63) is 41.2 Å². The van der Waals surface area contributed by atoms with E-state index in [1.165, 1.54) is 28.8 Å². The van der Waals surface area contributed by atoms with Crippen LogP contribution in [0.3, 0.4) is 0 Å². The molecule has 0 radical (unpaired) electrons. The monoisotopic (exact) mass is 326 g/mol. The van der Waals surface area contributed by atoms with Gasteiger partial charge in [0.2, 0.25) is 0 Å². The summed E-state index contributed by atoms with van der Waals surface area (Å²) in [5.41, 5.74) is 2.34. The Morgan fingerprint density at radius 2 is 2.00 bits per heavy atom. The maximum absolute atomic E-state index is 4.89. The number of nitrogens with one attached hydrogen (secondary N) is 1. The zero-order valence-electron chi connectivity index (χ0n) is 13.6. The van der Waals surface area contributed by atoms with Crippen molar-refractivity contribution < 1.29 is 0 Å². The largest absolute Gasteiger partial charge is 0.317 e. The predicted octanol–water partition coefficient (Wildman–Crippen LogP) is 4.07. The molecule has 1 aliphatic rings. The Labute approximate surface area is 140 Å². The van der Waals surface area contributed by atoms with E-state index in [2.05, 4.69) is 48.1 Å². The summed E-state index contributed by atoms with van der Waals surface area (Å²) in [6.07, 6.45) is 4.36. The summed E-state index contributed by atoms with van der Waals surface area (Å²) in [6, 6.07) is 8.49. The molecular weight excluding hydrogens is 304 g/mol. The van der Waals surface area contributed by atoms with Crippen LogP contribution in [-0.2, 0) is 0 Å². The molecule has 0 bridgehead atoms. The van der Waals surface area contributed by atoms with E-state index in [9.17, 15) is 0 Å². The molecule has 1 aromatic carbocycles. The molecule has 4 rings (SSSR count). The van der Waals surface area contributed by atoms with Gasteiger partial charge in [0.1, 0.15) is 5.00 Å². The summed E-state index contributed by atoms with van der Waals surface area (Å²) in [5.74, 6) is 1.01. The lowest BCUT2D eigenvalue weighted by Crippen LogP contribution is -2.26. The maximum atomic E-state index is 4.89. The minimum atomic E-state index is 0.415. The minimum Gasteiger partial charge on any atom is -0.317 e. The Balaban J connectivity index is 1.76. The number of piperidine rings is 1. The Bertz CT molecular complexity index is 811. The molecule has 3 aromatic rings. The quantitative estimate of drug-likeness (QED) is 0.789. The first-order chi connectivity index (χ1) is 11.2. The van der Waals surface area contributed by atoms with E-state index in [0.29, 0.717) is 11.8 Å². The van der Waals surface area contributed by atoms with E-state index >= 15 is 0 Å². The summed E-state index contributed by atoms with van der Waals surface area (Å²) in [7, 11) is 0. The number of thiazole rings is 1. The van der Waals surface area contributed by atoms with Gasteiger partial charge < -0.3 is 5.32 Å². The Morgan fingerprint density at radius 1 is 1.22 bits per heavy atom. The van der Waals surface area contributed by atoms with Gasteiger partial charge in [-0.05, 0) is 37.9 Å². The Kier molecular flexibility index (Phi) is 3.91. The van der Waals surface area contributed by atoms with Gasteiger partial charge in [-0.3, -0.25) is 0 Å². The zero-order chi connectivity index (χ0) is 15.8. The first-order valence-corrected chi connectivity index (χ1v) is 9.20. The van der Waals surface area contributed by atoms with Crippen molar-refractivity contribution in [3.8, 4) is 5.00 Å². The fraction of sp³-hybridized carbons (Fsp3) is 0.444. The summed E-state index contributed by atoms with van der Waals surface area (Å²) >= 11 is 1.79. The van der Waals surface area contributed by atoms with Gasteiger partial charge in [0.25, 0.3) is 0 Å². The second kappa shape index (κ2) is 6.06. The second-order valence-electron chi connectivity index (χ2n) is 6.53. The van der Waals surface area contributed by atoms with Gasteiger partial charge in [0, 0.05) is 11.3 Å². The molecule has 1 fully saturated rings. The third-order valence-electron chi connectivity index (χ3n) is 4.57. The van der Waals surface area contributed by atoms with Crippen LogP contribution in [0.5, 0.6) is 0 Å². The van der Waals surface area contributed by atoms with Crippen LogP contribution in [0.2, 0.25) is 0 Å². The molecule has 1 saturated heterocycles. The smallest absolute Gasteiger partial charge is 0.138 e. The number of benzene rings is 1. The predicted molar refractivity (Wildman–Crippen MR) is 95.7 cm³/mol. The number of aromatic nitrogens is 3. The second-order valence-corrected chi connectivity index (χ2v) is 7.57. The van der Waals surface area contributed by atoms with Crippen LogP contribution in [0.4, 0.5) is 0 Å². The van der Waals surface area contributed by atoms with Crippen molar-refractivity contribution in [2.75, 3.05) is 13.1 Å². The van der Waals surface area contributed by atoms with Crippen molar-refractivity contribution in [3.63, 3.8) is 0 Å². The molecule has 0 spiro atoms. The van der Waals surface area contributed by atoms with Gasteiger partial charge in [-0.25, -0.2) is 9.67 Å². The van der Waals surface area contributed by atoms with E-state index < -0.39 is 0 Å². The van der Waals surface area contributed by atoms with E-state index in [1.54, 1.807) is 11.3 Å². The molecule has 0 aliphatic carbocycles. The molecule has 1 N–H and O–H groups in total. The van der Waals surface area contributed by atoms with Crippen molar-refractivity contribution in [1.29, 1.82) is 0 Å². The van der Waals surface area contributed by atoms with Gasteiger partial charge in [-0.15, -0.1) is 0 Å². The lowest BCUT2D eigenvalue weighted by Gasteiger charge is -2.20. The molecule has 4 nitrogen and oxygen atoms in total. The first kappa shape index (κ1) is 14.8. The highest BCUT2D eigenvalue weighted by molar-refractivity contribution is 7.14. The molecule has 0 atom stereocenters. The average molecular weight is 326 g/mol. The molecule has 1 aliphatic heterocycles. The van der Waals surface area contributed by atoms with Crippen LogP contribution in [-0.4, -0.2) is 27.9 Å². The van der Waals surface area contributed by atoms with Crippen LogP contribution < -0.4 is 5.32 Å². The summed E-state index contributed by atoms with van der Waals surface area (Å²) in [4.78, 5) is 4.71. The SMILES string of the molecule is CC(C)c1nn(-c2cnc(C3CCNCC3)s2)c2ccccc12.